The standard InChI is InChI=1S/C21H27ClN2O5S/c1-6-18(15-7-10-17(28-3)11-8-15)23-21(25)14(2)24(30(5,26)27)19-13-16(22)9-12-20(19)29-4/h7-14,18H,6H2,1-5H3,(H,23,25)/t14-,18-/m1/s1. The largest absolute Gasteiger partial charge is 0.497 e. The van der Waals surface area contributed by atoms with Crippen molar-refractivity contribution in [3.63, 3.8) is 0 Å². The fraction of sp³-hybridized carbons (Fsp3) is 0.381. The number of ether oxygens (including phenoxy) is 2. The summed E-state index contributed by atoms with van der Waals surface area (Å²) in [7, 11) is -0.802. The lowest BCUT2D eigenvalue weighted by Gasteiger charge is -2.30. The number of halogens is 1. The SMILES string of the molecule is CC[C@@H](NC(=O)[C@@H](C)N(c1cc(Cl)ccc1OC)S(C)(=O)=O)c1ccc(OC)cc1. The number of hydrogen-bond donors (Lipinski definition) is 1. The summed E-state index contributed by atoms with van der Waals surface area (Å²) in [5, 5.41) is 3.27. The maximum atomic E-state index is 13.0. The molecule has 2 rings (SSSR count). The van der Waals surface area contributed by atoms with E-state index in [1.165, 1.54) is 20.1 Å². The van der Waals surface area contributed by atoms with Crippen LogP contribution in [0.4, 0.5) is 5.69 Å². The number of anilines is 1. The van der Waals surface area contributed by atoms with E-state index in [1.54, 1.807) is 19.2 Å². The van der Waals surface area contributed by atoms with Gasteiger partial charge < -0.3 is 14.8 Å². The minimum atomic E-state index is -3.81. The molecule has 0 spiro atoms. The number of carbonyl (C=O) groups excluding carboxylic acids is 1. The average molecular weight is 455 g/mol. The van der Waals surface area contributed by atoms with Gasteiger partial charge in [0.1, 0.15) is 17.5 Å². The van der Waals surface area contributed by atoms with E-state index in [2.05, 4.69) is 5.32 Å². The second-order valence-electron chi connectivity index (χ2n) is 6.79. The van der Waals surface area contributed by atoms with E-state index in [4.69, 9.17) is 21.1 Å². The number of carbonyl (C=O) groups is 1. The van der Waals surface area contributed by atoms with Crippen LogP contribution < -0.4 is 19.1 Å². The van der Waals surface area contributed by atoms with Crippen molar-refractivity contribution in [1.29, 1.82) is 0 Å². The van der Waals surface area contributed by atoms with Crippen LogP contribution in [0.2, 0.25) is 5.02 Å². The molecule has 9 heteroatoms. The molecular weight excluding hydrogens is 428 g/mol. The number of rotatable bonds is 9. The van der Waals surface area contributed by atoms with E-state index >= 15 is 0 Å². The van der Waals surface area contributed by atoms with Crippen molar-refractivity contribution in [3.8, 4) is 11.5 Å². The molecule has 0 saturated carbocycles. The number of sulfonamides is 1. The van der Waals surface area contributed by atoms with Crippen LogP contribution >= 0.6 is 11.6 Å². The summed E-state index contributed by atoms with van der Waals surface area (Å²) in [5.74, 6) is 0.571. The molecule has 0 bridgehead atoms. The maximum absolute atomic E-state index is 13.0. The van der Waals surface area contributed by atoms with Gasteiger partial charge in [0, 0.05) is 5.02 Å². The second-order valence-corrected chi connectivity index (χ2v) is 9.09. The first-order valence-electron chi connectivity index (χ1n) is 9.39. The third-order valence-corrected chi connectivity index (χ3v) is 6.17. The smallest absolute Gasteiger partial charge is 0.244 e. The van der Waals surface area contributed by atoms with Crippen LogP contribution in [0.25, 0.3) is 0 Å². The molecule has 164 valence electrons. The number of amides is 1. The Bertz CT molecular complexity index is 979. The zero-order valence-corrected chi connectivity index (χ0v) is 19.3. The van der Waals surface area contributed by atoms with Gasteiger partial charge >= 0.3 is 0 Å². The van der Waals surface area contributed by atoms with E-state index in [9.17, 15) is 13.2 Å². The monoisotopic (exact) mass is 454 g/mol. The molecule has 0 aliphatic heterocycles. The van der Waals surface area contributed by atoms with Crippen LogP contribution in [0.5, 0.6) is 11.5 Å². The van der Waals surface area contributed by atoms with Crippen LogP contribution in [0, 0.1) is 0 Å². The molecule has 0 saturated heterocycles. The van der Waals surface area contributed by atoms with Crippen LogP contribution in [-0.2, 0) is 14.8 Å². The lowest BCUT2D eigenvalue weighted by Crippen LogP contribution is -2.48. The summed E-state index contributed by atoms with van der Waals surface area (Å²) in [6.45, 7) is 3.46. The molecule has 2 aromatic rings. The van der Waals surface area contributed by atoms with Crippen LogP contribution in [0.15, 0.2) is 42.5 Å². The van der Waals surface area contributed by atoms with E-state index in [0.717, 1.165) is 16.1 Å². The number of methoxy groups -OCH3 is 2. The van der Waals surface area contributed by atoms with Crippen LogP contribution in [-0.4, -0.2) is 40.8 Å². The molecule has 0 aliphatic rings. The molecule has 2 aromatic carbocycles. The number of nitrogens with one attached hydrogen (secondary N) is 1. The van der Waals surface area contributed by atoms with Gasteiger partial charge in [-0.05, 0) is 49.2 Å². The number of benzene rings is 2. The number of hydrogen-bond acceptors (Lipinski definition) is 5. The van der Waals surface area contributed by atoms with E-state index in [1.807, 2.05) is 31.2 Å². The first-order chi connectivity index (χ1) is 14.1. The first-order valence-corrected chi connectivity index (χ1v) is 11.6. The van der Waals surface area contributed by atoms with E-state index in [-0.39, 0.29) is 11.7 Å². The normalized spacial score (nSPS) is 13.3. The number of nitrogens with zero attached hydrogens (tertiary/aromatic N) is 1. The molecule has 0 aromatic heterocycles. The lowest BCUT2D eigenvalue weighted by molar-refractivity contribution is -0.122. The fourth-order valence-electron chi connectivity index (χ4n) is 3.17. The summed E-state index contributed by atoms with van der Waals surface area (Å²) in [5.41, 5.74) is 1.10. The van der Waals surface area contributed by atoms with Crippen LogP contribution in [0.3, 0.4) is 0 Å². The molecule has 0 unspecified atom stereocenters. The molecule has 0 heterocycles. The predicted octanol–water partition coefficient (Wildman–Crippen LogP) is 3.78. The van der Waals surface area contributed by atoms with Crippen molar-refractivity contribution in [2.75, 3.05) is 24.8 Å². The maximum Gasteiger partial charge on any atom is 0.244 e. The Hall–Kier alpha value is -2.45. The molecule has 0 fully saturated rings. The zero-order chi connectivity index (χ0) is 22.5. The lowest BCUT2D eigenvalue weighted by atomic mass is 10.0. The second kappa shape index (κ2) is 10.0. The summed E-state index contributed by atoms with van der Waals surface area (Å²) < 4.78 is 36.7. The van der Waals surface area contributed by atoms with Gasteiger partial charge in [0.15, 0.2) is 0 Å². The molecule has 1 amide bonds. The predicted molar refractivity (Wildman–Crippen MR) is 119 cm³/mol. The van der Waals surface area contributed by atoms with Gasteiger partial charge in [0.05, 0.1) is 32.2 Å². The average Bonchev–Trinajstić information content (AvgIpc) is 2.71. The zero-order valence-electron chi connectivity index (χ0n) is 17.7. The summed E-state index contributed by atoms with van der Waals surface area (Å²) in [6.07, 6.45) is 1.67. The van der Waals surface area contributed by atoms with Crippen molar-refractivity contribution >= 4 is 33.2 Å². The minimum absolute atomic E-state index is 0.202. The third kappa shape index (κ3) is 5.58. The Balaban J connectivity index is 2.34. The van der Waals surface area contributed by atoms with Gasteiger partial charge in [-0.15, -0.1) is 0 Å². The highest BCUT2D eigenvalue weighted by Gasteiger charge is 2.32. The highest BCUT2D eigenvalue weighted by Crippen LogP contribution is 2.34. The molecule has 0 radical (unpaired) electrons. The Morgan fingerprint density at radius 2 is 1.77 bits per heavy atom. The van der Waals surface area contributed by atoms with E-state index < -0.39 is 22.0 Å². The van der Waals surface area contributed by atoms with Crippen molar-refractivity contribution in [3.05, 3.63) is 53.1 Å². The Morgan fingerprint density at radius 1 is 1.13 bits per heavy atom. The Morgan fingerprint density at radius 3 is 2.27 bits per heavy atom. The molecule has 7 nitrogen and oxygen atoms in total. The van der Waals surface area contributed by atoms with Gasteiger partial charge in [0.25, 0.3) is 0 Å². The molecule has 2 atom stereocenters. The molecule has 30 heavy (non-hydrogen) atoms. The third-order valence-electron chi connectivity index (χ3n) is 4.71. The van der Waals surface area contributed by atoms with Crippen LogP contribution in [0.1, 0.15) is 31.9 Å². The summed E-state index contributed by atoms with van der Waals surface area (Å²) in [6, 6.07) is 10.7. The fourth-order valence-corrected chi connectivity index (χ4v) is 4.50. The van der Waals surface area contributed by atoms with Gasteiger partial charge in [-0.1, -0.05) is 30.7 Å². The van der Waals surface area contributed by atoms with Crippen molar-refractivity contribution < 1.29 is 22.7 Å². The summed E-state index contributed by atoms with van der Waals surface area (Å²) in [4.78, 5) is 13.0. The molecule has 1 N–H and O–H groups in total. The molecular formula is C21H27ClN2O5S. The Labute approximate surface area is 183 Å². The highest BCUT2D eigenvalue weighted by atomic mass is 35.5. The van der Waals surface area contributed by atoms with Crippen molar-refractivity contribution in [1.82, 2.24) is 5.32 Å². The molecule has 0 aliphatic carbocycles. The van der Waals surface area contributed by atoms with Gasteiger partial charge in [0.2, 0.25) is 15.9 Å². The van der Waals surface area contributed by atoms with Gasteiger partial charge in [-0.2, -0.15) is 0 Å². The topological polar surface area (TPSA) is 84.9 Å². The van der Waals surface area contributed by atoms with E-state index in [0.29, 0.717) is 22.9 Å². The Kier molecular flexibility index (Phi) is 7.97. The van der Waals surface area contributed by atoms with Gasteiger partial charge in [-0.3, -0.25) is 9.10 Å². The van der Waals surface area contributed by atoms with Crippen molar-refractivity contribution in [2.24, 2.45) is 0 Å². The minimum Gasteiger partial charge on any atom is -0.497 e. The van der Waals surface area contributed by atoms with Gasteiger partial charge in [-0.25, -0.2) is 8.42 Å². The quantitative estimate of drug-likeness (QED) is 0.623. The first kappa shape index (κ1) is 23.8. The highest BCUT2D eigenvalue weighted by molar-refractivity contribution is 7.92. The summed E-state index contributed by atoms with van der Waals surface area (Å²) >= 11 is 6.08. The van der Waals surface area contributed by atoms with Crippen molar-refractivity contribution in [2.45, 2.75) is 32.4 Å².